The Kier molecular flexibility index (Phi) is 24.8. The fourth-order valence-electron chi connectivity index (χ4n) is 7.32. The summed E-state index contributed by atoms with van der Waals surface area (Å²) < 4.78 is 45.2. The minimum absolute atomic E-state index is 0. The van der Waals surface area contributed by atoms with Gasteiger partial charge >= 0.3 is 49.4 Å². The molecular weight excluding hydrogens is 959 g/mol. The Morgan fingerprint density at radius 2 is 0.891 bits per heavy atom. The predicted molar refractivity (Wildman–Crippen MR) is 240 cm³/mol. The minimum atomic E-state index is -0.189. The molecule has 0 spiro atoms. The third kappa shape index (κ3) is 15.5. The number of hydrogen-bond donors (Lipinski definition) is 0. The second kappa shape index (κ2) is 29.6. The molecule has 64 heavy (non-hydrogen) atoms. The largest absolute Gasteiger partial charge is 3.00 e. The second-order valence-corrected chi connectivity index (χ2v) is 14.9. The van der Waals surface area contributed by atoms with E-state index in [0.29, 0.717) is 126 Å². The summed E-state index contributed by atoms with van der Waals surface area (Å²) in [6, 6.07) is 7.69. The van der Waals surface area contributed by atoms with Gasteiger partial charge in [-0.3, -0.25) is 9.97 Å². The van der Waals surface area contributed by atoms with Crippen molar-refractivity contribution in [3.05, 3.63) is 70.6 Å². The van der Waals surface area contributed by atoms with E-state index in [2.05, 4.69) is 13.8 Å². The van der Waals surface area contributed by atoms with Gasteiger partial charge in [0.15, 0.2) is 11.5 Å². The minimum Gasteiger partial charge on any atom is -0.854 e. The Bertz CT molecular complexity index is 2050. The molecule has 16 heteroatoms. The van der Waals surface area contributed by atoms with Gasteiger partial charge < -0.3 is 53.1 Å². The first-order valence-corrected chi connectivity index (χ1v) is 22.0. The number of fused-ring (bicyclic) bond motifs is 7. The van der Waals surface area contributed by atoms with Gasteiger partial charge in [0.1, 0.15) is 13.2 Å². The van der Waals surface area contributed by atoms with Crippen LogP contribution in [0.3, 0.4) is 0 Å². The van der Waals surface area contributed by atoms with Crippen LogP contribution in [0, 0.1) is 49.4 Å². The monoisotopic (exact) mass is 1020 g/mol. The van der Waals surface area contributed by atoms with Crippen molar-refractivity contribution in [3.8, 4) is 11.5 Å². The average Bonchev–Trinajstić information content (AvgIpc) is 3.89. The van der Waals surface area contributed by atoms with Crippen LogP contribution in [-0.2, 0) is 41.3 Å². The van der Waals surface area contributed by atoms with Crippen LogP contribution in [0.4, 0.5) is 0 Å². The SMILES string of the molecule is CCc1c(CC)c2cc3nc(cnc4cc(OCCOCCOCCOC)c(OCCOCCOCCOC)cc4ncc4nc(cc1[n-]2)C(CCC[O-])=C4C)C(C)=C3CCC[O-].[Eu+3]. The van der Waals surface area contributed by atoms with Crippen LogP contribution in [-0.4, -0.2) is 127 Å². The number of methoxy groups -OCH3 is 2. The molecule has 1 aromatic carbocycles. The molecule has 5 rings (SSSR count). The van der Waals surface area contributed by atoms with Crippen LogP contribution in [0.5, 0.6) is 11.5 Å². The van der Waals surface area contributed by atoms with Crippen molar-refractivity contribution in [1.82, 2.24) is 24.9 Å². The van der Waals surface area contributed by atoms with Crippen molar-refractivity contribution >= 4 is 44.4 Å². The summed E-state index contributed by atoms with van der Waals surface area (Å²) in [5.41, 5.74) is 11.8. The summed E-state index contributed by atoms with van der Waals surface area (Å²) in [5.74, 6) is 0.895. The van der Waals surface area contributed by atoms with Crippen LogP contribution >= 0.6 is 0 Å². The van der Waals surface area contributed by atoms with E-state index >= 15 is 0 Å². The molecule has 0 aliphatic carbocycles. The van der Waals surface area contributed by atoms with Gasteiger partial charge in [-0.25, -0.2) is 9.97 Å². The maximum Gasteiger partial charge on any atom is 3.00 e. The van der Waals surface area contributed by atoms with Crippen molar-refractivity contribution < 1.29 is 97.5 Å². The molecule has 2 aliphatic rings. The molecule has 0 radical (unpaired) electrons. The van der Waals surface area contributed by atoms with Crippen LogP contribution in [0.25, 0.3) is 44.4 Å². The molecule has 3 aromatic rings. The number of aromatic nitrogens is 5. The van der Waals surface area contributed by atoms with Gasteiger partial charge in [-0.15, -0.1) is 24.2 Å². The Morgan fingerprint density at radius 3 is 1.25 bits per heavy atom. The summed E-state index contributed by atoms with van der Waals surface area (Å²) in [5, 5.41) is 23.5. The first-order valence-electron chi connectivity index (χ1n) is 22.0. The van der Waals surface area contributed by atoms with Crippen molar-refractivity contribution in [2.24, 2.45) is 0 Å². The molecule has 4 heterocycles. The summed E-state index contributed by atoms with van der Waals surface area (Å²) in [7, 11) is 3.27. The van der Waals surface area contributed by atoms with Gasteiger partial charge in [-0.05, 0) is 61.8 Å². The second-order valence-electron chi connectivity index (χ2n) is 14.9. The van der Waals surface area contributed by atoms with Crippen molar-refractivity contribution in [1.29, 1.82) is 0 Å². The summed E-state index contributed by atoms with van der Waals surface area (Å²) in [6.07, 6.45) is 7.17. The summed E-state index contributed by atoms with van der Waals surface area (Å²) in [6.45, 7) is 12.8. The summed E-state index contributed by atoms with van der Waals surface area (Å²) in [4.78, 5) is 25.3. The van der Waals surface area contributed by atoms with E-state index in [0.717, 1.165) is 68.7 Å². The molecule has 0 unspecified atom stereocenters. The zero-order valence-corrected chi connectivity index (χ0v) is 40.7. The van der Waals surface area contributed by atoms with E-state index in [1.54, 1.807) is 38.7 Å². The van der Waals surface area contributed by atoms with E-state index in [1.165, 1.54) is 0 Å². The fourth-order valence-corrected chi connectivity index (χ4v) is 7.32. The van der Waals surface area contributed by atoms with Crippen molar-refractivity contribution in [2.45, 2.75) is 66.2 Å². The molecule has 0 amide bonds. The van der Waals surface area contributed by atoms with E-state index in [1.807, 2.05) is 26.0 Å². The quantitative estimate of drug-likeness (QED) is 0.0848. The first kappa shape index (κ1) is 53.6. The number of benzene rings is 1. The standard InChI is InChI=1S/C48H64N5O10.Eu/c1-7-35-36(8-2)40-28-42-38(12-10-14-55)34(4)46(53-42)32-50-44-30-48(63-26-24-61-22-20-59-18-16-57-6)47(62-25-23-60-21-19-58-17-15-56-5)29-43(44)49-31-45-33(3)37(11-9-13-54)41(52-45)27-39(35)51-40;/h27-32H,7-26H2,1-6H3;/q-3;+3. The van der Waals surface area contributed by atoms with Crippen LogP contribution in [0.15, 0.2) is 36.7 Å². The van der Waals surface area contributed by atoms with Crippen LogP contribution in [0.1, 0.15) is 87.3 Å². The van der Waals surface area contributed by atoms with E-state index in [4.69, 9.17) is 62.8 Å². The third-order valence-corrected chi connectivity index (χ3v) is 10.7. The molecule has 0 N–H and O–H groups in total. The maximum atomic E-state index is 11.8. The molecule has 15 nitrogen and oxygen atoms in total. The van der Waals surface area contributed by atoms with Gasteiger partial charge in [-0.2, -0.15) is 0 Å². The molecule has 348 valence electrons. The number of hydrogen-bond acceptors (Lipinski definition) is 14. The molecule has 6 bridgehead atoms. The molecule has 2 aromatic heterocycles. The van der Waals surface area contributed by atoms with E-state index in [-0.39, 0.29) is 75.8 Å². The average molecular weight is 1020 g/mol. The zero-order chi connectivity index (χ0) is 44.8. The van der Waals surface area contributed by atoms with E-state index in [9.17, 15) is 10.2 Å². The number of allylic oxidation sites excluding steroid dienone is 4. The Morgan fingerprint density at radius 1 is 0.516 bits per heavy atom. The number of rotatable bonds is 28. The molecule has 0 atom stereocenters. The van der Waals surface area contributed by atoms with Crippen molar-refractivity contribution in [2.75, 3.05) is 107 Å². The predicted octanol–water partition coefficient (Wildman–Crippen LogP) is 5.35. The molecule has 0 saturated heterocycles. The molecule has 0 fully saturated rings. The zero-order valence-electron chi connectivity index (χ0n) is 38.3. The smallest absolute Gasteiger partial charge is 0.854 e. The van der Waals surface area contributed by atoms with Gasteiger partial charge in [-0.1, -0.05) is 49.9 Å². The first-order chi connectivity index (χ1) is 30.9. The Balaban J connectivity index is 0.00000898. The molecule has 0 saturated carbocycles. The van der Waals surface area contributed by atoms with Gasteiger partial charge in [0.05, 0.1) is 112 Å². The summed E-state index contributed by atoms with van der Waals surface area (Å²) >= 11 is 0. The number of aryl methyl sites for hydroxylation is 2. The van der Waals surface area contributed by atoms with Crippen LogP contribution in [0.2, 0.25) is 0 Å². The van der Waals surface area contributed by atoms with E-state index < -0.39 is 0 Å². The Hall–Kier alpha value is -3.00. The number of nitrogens with zero attached hydrogens (tertiary/aromatic N) is 5. The van der Waals surface area contributed by atoms with Gasteiger partial charge in [0, 0.05) is 26.4 Å². The van der Waals surface area contributed by atoms with Crippen molar-refractivity contribution in [3.63, 3.8) is 0 Å². The third-order valence-electron chi connectivity index (χ3n) is 10.7. The Labute approximate surface area is 418 Å². The molecular formula is C48H64EuN5O10. The fraction of sp³-hybridized carbons (Fsp3) is 0.542. The number of ether oxygens (including phenoxy) is 8. The molecule has 2 aliphatic heterocycles. The van der Waals surface area contributed by atoms with Crippen LogP contribution < -0.4 is 24.7 Å². The topological polar surface area (TPSA) is 186 Å². The normalized spacial score (nSPS) is 12.5. The maximum absolute atomic E-state index is 11.8. The van der Waals surface area contributed by atoms with Gasteiger partial charge in [0.25, 0.3) is 0 Å². The van der Waals surface area contributed by atoms with Gasteiger partial charge in [0.2, 0.25) is 0 Å².